The lowest BCUT2D eigenvalue weighted by atomic mass is 10.00. The summed E-state index contributed by atoms with van der Waals surface area (Å²) in [6, 6.07) is 91.8. The summed E-state index contributed by atoms with van der Waals surface area (Å²) < 4.78 is 14.5. The number of Topliss-reactive ketones (excluding diaryl/α,β-unsaturated/α-hetero) is 1. The molecule has 15 aromatic rings. The number of aryl methyl sites for hydroxylation is 1. The van der Waals surface area contributed by atoms with Crippen molar-refractivity contribution in [2.75, 3.05) is 39.4 Å². The Balaban J connectivity index is 0.000000123. The van der Waals surface area contributed by atoms with Crippen molar-refractivity contribution in [3.8, 4) is 61.4 Å². The molecule has 0 radical (unpaired) electrons. The largest absolute Gasteiger partial charge is 0.495 e. The van der Waals surface area contributed by atoms with E-state index in [-0.39, 0.29) is 75.8 Å². The lowest BCUT2D eigenvalue weighted by molar-refractivity contribution is -0.153. The summed E-state index contributed by atoms with van der Waals surface area (Å²) in [5.41, 5.74) is 31.2. The molecule has 20 rings (SSSR count). The Bertz CT molecular complexity index is 7350. The van der Waals surface area contributed by atoms with Crippen molar-refractivity contribution in [2.24, 2.45) is 5.73 Å². The van der Waals surface area contributed by atoms with E-state index in [4.69, 9.17) is 26.0 Å². The predicted molar refractivity (Wildman–Crippen MR) is 507 cm³/mol. The fraction of sp³-hybridized carbons (Fsp3) is 0.0459. The van der Waals surface area contributed by atoms with Crippen LogP contribution >= 0.6 is 0 Å². The van der Waals surface area contributed by atoms with E-state index in [0.29, 0.717) is 123 Å². The number of methoxy groups -OCH3 is 1. The highest BCUT2D eigenvalue weighted by Crippen LogP contribution is 2.45. The number of nitrogen functional groups attached to an aromatic ring is 1. The average molecular weight is 1790 g/mol. The second-order valence-electron chi connectivity index (χ2n) is 31.2. The average Bonchev–Trinajstić information content (AvgIpc) is 1.63. The van der Waals surface area contributed by atoms with Crippen LogP contribution in [0.25, 0.3) is 55.6 Å². The smallest absolute Gasteiger partial charge is 0.335 e. The van der Waals surface area contributed by atoms with Gasteiger partial charge in [-0.05, 0) is 184 Å². The van der Waals surface area contributed by atoms with Gasteiger partial charge in [0.05, 0.1) is 46.2 Å². The molecule has 5 aliphatic carbocycles. The van der Waals surface area contributed by atoms with Crippen LogP contribution < -0.4 is 42.8 Å². The molecule has 0 aliphatic heterocycles. The minimum atomic E-state index is -1.42. The highest BCUT2D eigenvalue weighted by Gasteiger charge is 2.37. The number of carbonyl (C=O) groups excluding carboxylic acids is 13. The van der Waals surface area contributed by atoms with Crippen LogP contribution in [0.4, 0.5) is 34.1 Å². The number of hydrogen-bond acceptors (Lipinski definition) is 20. The second kappa shape index (κ2) is 38.9. The standard InChI is InChI=1S/C23H17NO4.C22H16N2O4.C22H15NO5.C21H16N2O2.C21H13NO4/c1-13(25)14-10-11-20(28-2)19(12-14)24-23(27)18-9-5-8-16-15-6-3-4-7-17(15)22(26)21(16)18;23-21(28-12-25)13-5-3-6-14(11-13)24-22(27)18-10-4-9-16-15-7-1-2-8-17(15)20(26)19(16)18;24-12-28-22(27)13-5-3-6-14(11-13)23-21(26)18-10-4-9-16-15-7-1-2-8-17(15)20(25)19(16)18;1-12-11-13(9-10-18(12)22)23-21(25)17-8-4-7-15-14-5-2-3-6-16(14)20(24)19(15)17;23-19-16-8-2-1-7-14(16)15-9-4-10-17(18(15)19)20(24)22-13-6-3-5-12(11-13)21(25)26/h3-12H,1-2H3,(H,24,27);1-12,21H,23H2,(H,24,27);1-12,22,27H,(H,23,26);2-11H,22H2,1H3,(H,23,25);1-11H,(H,22,24)(H,25,26)/t;21-;22-;;/m.11../s1. The van der Waals surface area contributed by atoms with Gasteiger partial charge in [0.1, 0.15) is 5.75 Å². The number of benzene rings is 15. The van der Waals surface area contributed by atoms with E-state index in [1.807, 2.05) is 110 Å². The molecule has 0 unspecified atom stereocenters. The molecule has 0 heterocycles. The number of carboxylic acids is 1. The Hall–Kier alpha value is -18.4. The summed E-state index contributed by atoms with van der Waals surface area (Å²) >= 11 is 0. The Morgan fingerprint density at radius 3 is 0.963 bits per heavy atom. The summed E-state index contributed by atoms with van der Waals surface area (Å²) in [6.07, 6.45) is -2.35. The minimum absolute atomic E-state index is 0.0737. The highest BCUT2D eigenvalue weighted by atomic mass is 16.6. The van der Waals surface area contributed by atoms with Crippen molar-refractivity contribution in [1.82, 2.24) is 0 Å². The predicted octanol–water partition coefficient (Wildman–Crippen LogP) is 18.8. The van der Waals surface area contributed by atoms with Crippen LogP contribution in [0.2, 0.25) is 0 Å². The van der Waals surface area contributed by atoms with Crippen LogP contribution in [-0.4, -0.2) is 100 Å². The quantitative estimate of drug-likeness (QED) is 0.0157. The number of rotatable bonds is 19. The first kappa shape index (κ1) is 90.0. The fourth-order valence-corrected chi connectivity index (χ4v) is 16.6. The maximum atomic E-state index is 13.0. The van der Waals surface area contributed by atoms with E-state index in [0.717, 1.165) is 61.2 Å². The van der Waals surface area contributed by atoms with E-state index < -0.39 is 42.1 Å². The molecule has 0 fully saturated rings. The molecule has 2 atom stereocenters. The Labute approximate surface area is 770 Å². The third-order valence-electron chi connectivity index (χ3n) is 23.0. The molecule has 0 bridgehead atoms. The van der Waals surface area contributed by atoms with Gasteiger partial charge in [0.25, 0.3) is 42.5 Å². The van der Waals surface area contributed by atoms with Gasteiger partial charge in [-0.25, -0.2) is 4.79 Å². The van der Waals surface area contributed by atoms with Gasteiger partial charge in [-0.15, -0.1) is 0 Å². The van der Waals surface area contributed by atoms with Crippen LogP contribution in [0, 0.1) is 6.92 Å². The van der Waals surface area contributed by atoms with Crippen molar-refractivity contribution >= 4 is 117 Å². The third kappa shape index (κ3) is 18.2. The Morgan fingerprint density at radius 2 is 0.630 bits per heavy atom. The van der Waals surface area contributed by atoms with Gasteiger partial charge < -0.3 is 56.7 Å². The van der Waals surface area contributed by atoms with Crippen molar-refractivity contribution in [1.29, 1.82) is 0 Å². The SMILES string of the molecule is COc1ccc(C(C)=O)cc1NC(=O)c1cccc2c1C(=O)c1ccccc1-2.Cc1cc(NC(=O)c2cccc3c2C(=O)c2ccccc2-3)ccc1N.N[C@H](OC=O)c1cccc(NC(=O)c2cccc3c2C(=O)c2ccccc2-3)c1.O=C(O)c1cccc(NC(=O)c2cccc3c2C(=O)c2ccccc2-3)c1.O=CO[C@@H](O)c1cccc(NC(=O)c2cccc3c2C(=O)c2ccccc2-3)c1. The zero-order valence-electron chi connectivity index (χ0n) is 71.9. The van der Waals surface area contributed by atoms with Crippen molar-refractivity contribution in [2.45, 2.75) is 26.4 Å². The fourth-order valence-electron chi connectivity index (χ4n) is 16.6. The van der Waals surface area contributed by atoms with Crippen molar-refractivity contribution in [3.63, 3.8) is 0 Å². The lowest BCUT2D eigenvalue weighted by Gasteiger charge is -2.13. The number of anilines is 6. The molecule has 26 heteroatoms. The third-order valence-corrected chi connectivity index (χ3v) is 23.0. The summed E-state index contributed by atoms with van der Waals surface area (Å²) in [5, 5.41) is 32.6. The molecule has 5 aliphatic rings. The Kier molecular flexibility index (Phi) is 25.9. The number of ketones is 6. The number of carboxylic acid groups (broad SMARTS) is 1. The van der Waals surface area contributed by atoms with E-state index in [2.05, 4.69) is 31.3 Å². The topological polar surface area (TPSA) is 419 Å². The molecule has 11 N–H and O–H groups in total. The van der Waals surface area contributed by atoms with Crippen molar-refractivity contribution < 1.29 is 91.5 Å². The van der Waals surface area contributed by atoms with Gasteiger partial charge in [0, 0.05) is 101 Å². The minimum Gasteiger partial charge on any atom is -0.495 e. The van der Waals surface area contributed by atoms with Crippen molar-refractivity contribution in [3.05, 3.63) is 433 Å². The number of hydrogen-bond donors (Lipinski definition) is 9. The molecule has 135 heavy (non-hydrogen) atoms. The van der Waals surface area contributed by atoms with Crippen LogP contribution in [0.3, 0.4) is 0 Å². The number of nitrogens with one attached hydrogen (secondary N) is 5. The van der Waals surface area contributed by atoms with Gasteiger partial charge in [-0.3, -0.25) is 68.1 Å². The molecular weight excluding hydrogens is 1710 g/mol. The van der Waals surface area contributed by atoms with Crippen LogP contribution in [0.1, 0.15) is 188 Å². The number of ether oxygens (including phenoxy) is 3. The number of aromatic carboxylic acids is 1. The molecule has 0 saturated heterocycles. The highest BCUT2D eigenvalue weighted by molar-refractivity contribution is 6.31. The summed E-state index contributed by atoms with van der Waals surface area (Å²) in [6.45, 7) is 3.75. The number of aliphatic hydroxyl groups is 1. The molecule has 0 aromatic heterocycles. The molecule has 5 amide bonds. The van der Waals surface area contributed by atoms with Gasteiger partial charge in [0.15, 0.2) is 40.9 Å². The van der Waals surface area contributed by atoms with Gasteiger partial charge in [0.2, 0.25) is 6.29 Å². The number of aliphatic hydroxyl groups excluding tert-OH is 1. The molecule has 0 saturated carbocycles. The zero-order chi connectivity index (χ0) is 95.0. The summed E-state index contributed by atoms with van der Waals surface area (Å²) in [4.78, 5) is 172. The summed E-state index contributed by atoms with van der Waals surface area (Å²) in [5.74, 6) is -3.60. The normalized spacial score (nSPS) is 12.1. The first-order valence-electron chi connectivity index (χ1n) is 42.0. The van der Waals surface area contributed by atoms with E-state index in [1.54, 1.807) is 200 Å². The van der Waals surface area contributed by atoms with E-state index >= 15 is 0 Å². The number of nitrogens with two attached hydrogens (primary N) is 2. The van der Waals surface area contributed by atoms with Gasteiger partial charge in [-0.1, -0.05) is 212 Å². The van der Waals surface area contributed by atoms with Crippen LogP contribution in [0.15, 0.2) is 322 Å². The van der Waals surface area contributed by atoms with Gasteiger partial charge >= 0.3 is 5.97 Å². The number of amides is 5. The first-order chi connectivity index (χ1) is 65.3. The molecule has 26 nitrogen and oxygen atoms in total. The molecule has 15 aromatic carbocycles. The van der Waals surface area contributed by atoms with E-state index in [1.165, 1.54) is 32.2 Å². The lowest BCUT2D eigenvalue weighted by Crippen LogP contribution is -2.17. The molecule has 662 valence electrons. The van der Waals surface area contributed by atoms with E-state index in [9.17, 15) is 72.2 Å². The monoisotopic (exact) mass is 1790 g/mol. The number of fused-ring (bicyclic) bond motifs is 15. The summed E-state index contributed by atoms with van der Waals surface area (Å²) in [7, 11) is 1.48. The Morgan fingerprint density at radius 1 is 0.326 bits per heavy atom. The first-order valence-corrected chi connectivity index (χ1v) is 42.0. The number of carbonyl (C=O) groups is 14. The second-order valence-corrected chi connectivity index (χ2v) is 31.2. The maximum Gasteiger partial charge on any atom is 0.335 e. The van der Waals surface area contributed by atoms with Gasteiger partial charge in [-0.2, -0.15) is 0 Å². The molecule has 0 spiro atoms. The van der Waals surface area contributed by atoms with Crippen LogP contribution in [0.5, 0.6) is 5.75 Å². The zero-order valence-corrected chi connectivity index (χ0v) is 71.9. The van der Waals surface area contributed by atoms with Crippen LogP contribution in [-0.2, 0) is 19.1 Å². The maximum absolute atomic E-state index is 13.0. The molecular formula is C109H77N7O19.